The predicted octanol–water partition coefficient (Wildman–Crippen LogP) is 4.41. The molecule has 0 fully saturated rings. The zero-order valence-electron chi connectivity index (χ0n) is 11.1. The van der Waals surface area contributed by atoms with Gasteiger partial charge in [0.15, 0.2) is 0 Å². The zero-order valence-corrected chi connectivity index (χ0v) is 13.4. The molecule has 0 aliphatic heterocycles. The third kappa shape index (κ3) is 4.77. The molecule has 2 nitrogen and oxygen atoms in total. The molecule has 0 saturated carbocycles. The van der Waals surface area contributed by atoms with Gasteiger partial charge < -0.3 is 5.32 Å². The lowest BCUT2D eigenvalue weighted by Gasteiger charge is -2.19. The van der Waals surface area contributed by atoms with Crippen LogP contribution in [0.5, 0.6) is 0 Å². The van der Waals surface area contributed by atoms with Gasteiger partial charge in [0.2, 0.25) is 0 Å². The lowest BCUT2D eigenvalue weighted by Crippen LogP contribution is -2.32. The van der Waals surface area contributed by atoms with E-state index in [1.807, 2.05) is 0 Å². The lowest BCUT2D eigenvalue weighted by atomic mass is 9.99. The normalized spacial score (nSPS) is 12.5. The SMILES string of the molecule is CCC(CC)C(Br)CNC(=O)c1ccc(Cl)c(F)c1. The smallest absolute Gasteiger partial charge is 0.251 e. The molecule has 0 aliphatic rings. The van der Waals surface area contributed by atoms with Crippen LogP contribution in [0.15, 0.2) is 18.2 Å². The highest BCUT2D eigenvalue weighted by atomic mass is 79.9. The molecule has 0 spiro atoms. The number of amides is 1. The molecule has 19 heavy (non-hydrogen) atoms. The molecule has 0 aliphatic carbocycles. The second-order valence-corrected chi connectivity index (χ2v) is 6.01. The van der Waals surface area contributed by atoms with E-state index in [1.54, 1.807) is 0 Å². The first-order valence-corrected chi connectivity index (χ1v) is 7.66. The van der Waals surface area contributed by atoms with E-state index in [1.165, 1.54) is 12.1 Å². The van der Waals surface area contributed by atoms with Crippen molar-refractivity contribution in [1.82, 2.24) is 5.32 Å². The first kappa shape index (κ1) is 16.4. The maximum Gasteiger partial charge on any atom is 0.251 e. The average molecular weight is 351 g/mol. The van der Waals surface area contributed by atoms with Crippen LogP contribution in [0.1, 0.15) is 37.0 Å². The third-order valence-corrected chi connectivity index (χ3v) is 4.58. The highest BCUT2D eigenvalue weighted by molar-refractivity contribution is 9.09. The summed E-state index contributed by atoms with van der Waals surface area (Å²) < 4.78 is 13.3. The molecule has 0 saturated heterocycles. The number of hydrogen-bond acceptors (Lipinski definition) is 1. The average Bonchev–Trinajstić information content (AvgIpc) is 2.40. The Bertz CT molecular complexity index is 437. The first-order chi connectivity index (χ1) is 8.99. The van der Waals surface area contributed by atoms with E-state index >= 15 is 0 Å². The second kappa shape index (κ2) is 7.85. The van der Waals surface area contributed by atoms with E-state index < -0.39 is 5.82 Å². The van der Waals surface area contributed by atoms with Gasteiger partial charge in [-0.25, -0.2) is 4.39 Å². The Morgan fingerprint density at radius 1 is 1.42 bits per heavy atom. The minimum absolute atomic E-state index is 0.0203. The molecular formula is C14H18BrClFNO. The quantitative estimate of drug-likeness (QED) is 0.757. The number of benzene rings is 1. The second-order valence-electron chi connectivity index (χ2n) is 4.43. The number of carbonyl (C=O) groups is 1. The monoisotopic (exact) mass is 349 g/mol. The maximum absolute atomic E-state index is 13.3. The van der Waals surface area contributed by atoms with Crippen LogP contribution in [0, 0.1) is 11.7 Å². The number of nitrogens with one attached hydrogen (secondary N) is 1. The van der Waals surface area contributed by atoms with Crippen LogP contribution in [0.3, 0.4) is 0 Å². The topological polar surface area (TPSA) is 29.1 Å². The van der Waals surface area contributed by atoms with Crippen LogP contribution in [0.4, 0.5) is 4.39 Å². The molecule has 1 atom stereocenters. The van der Waals surface area contributed by atoms with Crippen LogP contribution >= 0.6 is 27.5 Å². The van der Waals surface area contributed by atoms with Crippen LogP contribution in [-0.4, -0.2) is 17.3 Å². The van der Waals surface area contributed by atoms with Crippen molar-refractivity contribution >= 4 is 33.4 Å². The zero-order chi connectivity index (χ0) is 14.4. The van der Waals surface area contributed by atoms with Crippen LogP contribution in [0.25, 0.3) is 0 Å². The molecular weight excluding hydrogens is 333 g/mol. The van der Waals surface area contributed by atoms with Crippen molar-refractivity contribution in [2.45, 2.75) is 31.5 Å². The molecule has 106 valence electrons. The van der Waals surface area contributed by atoms with E-state index in [2.05, 4.69) is 35.1 Å². The summed E-state index contributed by atoms with van der Waals surface area (Å²) in [5, 5.41) is 2.82. The molecule has 1 rings (SSSR count). The Morgan fingerprint density at radius 3 is 2.58 bits per heavy atom. The molecule has 0 radical (unpaired) electrons. The number of carbonyl (C=O) groups excluding carboxylic acids is 1. The first-order valence-electron chi connectivity index (χ1n) is 6.36. The van der Waals surface area contributed by atoms with Crippen molar-refractivity contribution in [2.75, 3.05) is 6.54 Å². The van der Waals surface area contributed by atoms with Gasteiger partial charge in [-0.05, 0) is 24.1 Å². The summed E-state index contributed by atoms with van der Waals surface area (Å²) in [5.41, 5.74) is 0.283. The van der Waals surface area contributed by atoms with E-state index in [0.29, 0.717) is 12.5 Å². The molecule has 1 amide bonds. The molecule has 1 unspecified atom stereocenters. The van der Waals surface area contributed by atoms with Crippen LogP contribution in [0.2, 0.25) is 5.02 Å². The van der Waals surface area contributed by atoms with E-state index in [-0.39, 0.29) is 21.3 Å². The molecule has 1 N–H and O–H groups in total. The summed E-state index contributed by atoms with van der Waals surface area (Å²) in [5.74, 6) is -0.349. The van der Waals surface area contributed by atoms with Gasteiger partial charge in [0.05, 0.1) is 5.02 Å². The Hall–Kier alpha value is -0.610. The summed E-state index contributed by atoms with van der Waals surface area (Å²) >= 11 is 9.16. The summed E-state index contributed by atoms with van der Waals surface area (Å²) in [6.45, 7) is 4.77. The van der Waals surface area contributed by atoms with Crippen LogP contribution < -0.4 is 5.32 Å². The largest absolute Gasteiger partial charge is 0.351 e. The van der Waals surface area contributed by atoms with Crippen LogP contribution in [-0.2, 0) is 0 Å². The highest BCUT2D eigenvalue weighted by Gasteiger charge is 2.16. The summed E-state index contributed by atoms with van der Waals surface area (Å²) in [6, 6.07) is 4.05. The van der Waals surface area contributed by atoms with E-state index in [4.69, 9.17) is 11.6 Å². The van der Waals surface area contributed by atoms with Crippen molar-refractivity contribution in [3.8, 4) is 0 Å². The van der Waals surface area contributed by atoms with E-state index in [9.17, 15) is 9.18 Å². The van der Waals surface area contributed by atoms with Gasteiger partial charge in [0, 0.05) is 16.9 Å². The predicted molar refractivity (Wildman–Crippen MR) is 80.5 cm³/mol. The highest BCUT2D eigenvalue weighted by Crippen LogP contribution is 2.20. The van der Waals surface area contributed by atoms with Gasteiger partial charge in [-0.1, -0.05) is 54.2 Å². The maximum atomic E-state index is 13.3. The van der Waals surface area contributed by atoms with Crippen molar-refractivity contribution in [2.24, 2.45) is 5.92 Å². The summed E-state index contributed by atoms with van der Waals surface area (Å²) in [7, 11) is 0. The van der Waals surface area contributed by atoms with E-state index in [0.717, 1.165) is 18.9 Å². The minimum Gasteiger partial charge on any atom is -0.351 e. The Labute approximate surface area is 126 Å². The van der Waals surface area contributed by atoms with Gasteiger partial charge in [0.25, 0.3) is 5.91 Å². The summed E-state index contributed by atoms with van der Waals surface area (Å²) in [4.78, 5) is 12.1. The van der Waals surface area contributed by atoms with Crippen molar-refractivity contribution in [1.29, 1.82) is 0 Å². The Balaban J connectivity index is 2.58. The standard InChI is InChI=1S/C14H18BrClFNO/c1-3-9(4-2)11(15)8-18-14(19)10-5-6-12(16)13(17)7-10/h5-7,9,11H,3-4,8H2,1-2H3,(H,18,19). The van der Waals surface area contributed by atoms with Gasteiger partial charge in [-0.3, -0.25) is 4.79 Å². The molecule has 0 bridgehead atoms. The molecule has 5 heteroatoms. The van der Waals surface area contributed by atoms with Gasteiger partial charge >= 0.3 is 0 Å². The molecule has 1 aromatic carbocycles. The molecule has 1 aromatic rings. The number of halogens is 3. The fraction of sp³-hybridized carbons (Fsp3) is 0.500. The van der Waals surface area contributed by atoms with Crippen molar-refractivity contribution < 1.29 is 9.18 Å². The number of hydrogen-bond donors (Lipinski definition) is 1. The van der Waals surface area contributed by atoms with Gasteiger partial charge in [0.1, 0.15) is 5.82 Å². The fourth-order valence-electron chi connectivity index (χ4n) is 1.90. The summed E-state index contributed by atoms with van der Waals surface area (Å²) in [6.07, 6.45) is 2.11. The molecule has 0 aromatic heterocycles. The minimum atomic E-state index is -0.579. The third-order valence-electron chi connectivity index (χ3n) is 3.20. The van der Waals surface area contributed by atoms with Crippen molar-refractivity contribution in [3.63, 3.8) is 0 Å². The number of rotatable bonds is 6. The van der Waals surface area contributed by atoms with Crippen molar-refractivity contribution in [3.05, 3.63) is 34.6 Å². The fourth-order valence-corrected chi connectivity index (χ4v) is 2.92. The molecule has 0 heterocycles. The van der Waals surface area contributed by atoms with Gasteiger partial charge in [-0.15, -0.1) is 0 Å². The Kier molecular flexibility index (Phi) is 6.80. The number of alkyl halides is 1. The van der Waals surface area contributed by atoms with Gasteiger partial charge in [-0.2, -0.15) is 0 Å². The lowest BCUT2D eigenvalue weighted by molar-refractivity contribution is 0.0951. The Morgan fingerprint density at radius 2 is 2.05 bits per heavy atom.